The van der Waals surface area contributed by atoms with Crippen LogP contribution in [0, 0.1) is 6.92 Å². The maximum atomic E-state index is 13.0. The summed E-state index contributed by atoms with van der Waals surface area (Å²) >= 11 is 0. The average Bonchev–Trinajstić information content (AvgIpc) is 3.25. The van der Waals surface area contributed by atoms with Crippen molar-refractivity contribution in [1.82, 2.24) is 24.5 Å². The maximum Gasteiger partial charge on any atom is 0.274 e. The van der Waals surface area contributed by atoms with E-state index in [1.54, 1.807) is 16.6 Å². The SMILES string of the molecule is C=CC(=O)N1CC(n2c3ccc(-c4c(C)ccc5[nH]ncc45)cc3c(=O)n2C)C1. The van der Waals surface area contributed by atoms with E-state index in [4.69, 9.17) is 0 Å². The fraction of sp³-hybridized carbons (Fsp3) is 0.227. The predicted octanol–water partition coefficient (Wildman–Crippen LogP) is 2.76. The minimum absolute atomic E-state index is 0.0348. The molecule has 0 spiro atoms. The molecule has 1 saturated heterocycles. The van der Waals surface area contributed by atoms with Gasteiger partial charge in [-0.25, -0.2) is 0 Å². The quantitative estimate of drug-likeness (QED) is 0.549. The number of nitrogens with zero attached hydrogens (tertiary/aromatic N) is 4. The molecule has 146 valence electrons. The van der Waals surface area contributed by atoms with E-state index < -0.39 is 0 Å². The number of aromatic amines is 1. The topological polar surface area (TPSA) is 75.9 Å². The summed E-state index contributed by atoms with van der Waals surface area (Å²) in [5.41, 5.74) is 5.03. The second-order valence-corrected chi connectivity index (χ2v) is 7.60. The van der Waals surface area contributed by atoms with E-state index in [-0.39, 0.29) is 17.5 Å². The molecular weight excluding hydrogens is 366 g/mol. The normalized spacial score (nSPS) is 14.5. The molecule has 0 radical (unpaired) electrons. The van der Waals surface area contributed by atoms with Crippen molar-refractivity contribution < 1.29 is 4.79 Å². The Morgan fingerprint density at radius 1 is 1.24 bits per heavy atom. The van der Waals surface area contributed by atoms with Gasteiger partial charge in [0.1, 0.15) is 0 Å². The molecule has 7 nitrogen and oxygen atoms in total. The Morgan fingerprint density at radius 3 is 2.79 bits per heavy atom. The number of carbonyl (C=O) groups excluding carboxylic acids is 1. The number of fused-ring (bicyclic) bond motifs is 2. The molecule has 7 heteroatoms. The lowest BCUT2D eigenvalue weighted by molar-refractivity contribution is -0.131. The molecule has 5 rings (SSSR count). The van der Waals surface area contributed by atoms with Gasteiger partial charge < -0.3 is 4.90 Å². The number of aryl methyl sites for hydroxylation is 1. The van der Waals surface area contributed by atoms with Crippen LogP contribution in [0.1, 0.15) is 11.6 Å². The van der Waals surface area contributed by atoms with Gasteiger partial charge in [-0.15, -0.1) is 0 Å². The number of nitrogens with one attached hydrogen (secondary N) is 1. The zero-order valence-electron chi connectivity index (χ0n) is 16.3. The molecule has 1 aliphatic heterocycles. The summed E-state index contributed by atoms with van der Waals surface area (Å²) in [6.07, 6.45) is 3.15. The first-order valence-electron chi connectivity index (χ1n) is 9.55. The first-order chi connectivity index (χ1) is 14.0. The lowest BCUT2D eigenvalue weighted by Crippen LogP contribution is -2.51. The zero-order valence-corrected chi connectivity index (χ0v) is 16.3. The Labute approximate surface area is 166 Å². The molecule has 0 saturated carbocycles. The third-order valence-electron chi connectivity index (χ3n) is 5.91. The summed E-state index contributed by atoms with van der Waals surface area (Å²) < 4.78 is 3.65. The Balaban J connectivity index is 1.62. The summed E-state index contributed by atoms with van der Waals surface area (Å²) in [7, 11) is 1.78. The van der Waals surface area contributed by atoms with E-state index >= 15 is 0 Å². The number of hydrogen-bond donors (Lipinski definition) is 1. The molecule has 4 aromatic rings. The smallest absolute Gasteiger partial charge is 0.274 e. The first kappa shape index (κ1) is 17.5. The number of benzene rings is 2. The molecule has 1 amide bonds. The highest BCUT2D eigenvalue weighted by molar-refractivity contribution is 5.98. The number of likely N-dealkylation sites (tertiary alicyclic amines) is 1. The van der Waals surface area contributed by atoms with Gasteiger partial charge >= 0.3 is 0 Å². The van der Waals surface area contributed by atoms with Gasteiger partial charge in [0, 0.05) is 25.5 Å². The van der Waals surface area contributed by atoms with Crippen molar-refractivity contribution in [2.45, 2.75) is 13.0 Å². The fourth-order valence-corrected chi connectivity index (χ4v) is 4.37. The van der Waals surface area contributed by atoms with E-state index in [0.29, 0.717) is 18.5 Å². The number of carbonyl (C=O) groups is 1. The summed E-state index contributed by atoms with van der Waals surface area (Å²) in [4.78, 5) is 26.5. The largest absolute Gasteiger partial charge is 0.335 e. The third-order valence-corrected chi connectivity index (χ3v) is 5.91. The lowest BCUT2D eigenvalue weighted by Gasteiger charge is -2.40. The Kier molecular flexibility index (Phi) is 3.74. The van der Waals surface area contributed by atoms with Crippen LogP contribution in [0.25, 0.3) is 32.9 Å². The minimum atomic E-state index is -0.0753. The van der Waals surface area contributed by atoms with Gasteiger partial charge in [0.15, 0.2) is 0 Å². The Morgan fingerprint density at radius 2 is 2.03 bits per heavy atom. The van der Waals surface area contributed by atoms with Gasteiger partial charge in [0.25, 0.3) is 5.56 Å². The van der Waals surface area contributed by atoms with Crippen LogP contribution < -0.4 is 5.56 Å². The van der Waals surface area contributed by atoms with Gasteiger partial charge in [-0.3, -0.25) is 24.1 Å². The molecule has 1 N–H and O–H groups in total. The number of H-pyrrole nitrogens is 1. The number of amides is 1. The minimum Gasteiger partial charge on any atom is -0.335 e. The van der Waals surface area contributed by atoms with Crippen molar-refractivity contribution in [3.05, 3.63) is 65.1 Å². The summed E-state index contributed by atoms with van der Waals surface area (Å²) in [5, 5.41) is 8.89. The van der Waals surface area contributed by atoms with Crippen LogP contribution in [0.2, 0.25) is 0 Å². The highest BCUT2D eigenvalue weighted by atomic mass is 16.2. The molecule has 0 aliphatic carbocycles. The monoisotopic (exact) mass is 387 g/mol. The Bertz CT molecular complexity index is 1350. The zero-order chi connectivity index (χ0) is 20.3. The van der Waals surface area contributed by atoms with Gasteiger partial charge in [-0.1, -0.05) is 18.7 Å². The van der Waals surface area contributed by atoms with Crippen molar-refractivity contribution in [3.8, 4) is 11.1 Å². The van der Waals surface area contributed by atoms with E-state index in [9.17, 15) is 9.59 Å². The van der Waals surface area contributed by atoms with Crippen molar-refractivity contribution in [2.24, 2.45) is 7.05 Å². The van der Waals surface area contributed by atoms with Crippen molar-refractivity contribution in [3.63, 3.8) is 0 Å². The first-order valence-corrected chi connectivity index (χ1v) is 9.55. The van der Waals surface area contributed by atoms with E-state index in [2.05, 4.69) is 35.8 Å². The predicted molar refractivity (Wildman–Crippen MR) is 113 cm³/mol. The van der Waals surface area contributed by atoms with Crippen LogP contribution in [0.5, 0.6) is 0 Å². The third kappa shape index (κ3) is 2.47. The lowest BCUT2D eigenvalue weighted by atomic mass is 9.96. The second kappa shape index (κ2) is 6.20. The molecule has 0 atom stereocenters. The van der Waals surface area contributed by atoms with Crippen LogP contribution in [0.3, 0.4) is 0 Å². The molecule has 1 fully saturated rings. The molecule has 0 unspecified atom stereocenters. The van der Waals surface area contributed by atoms with Crippen LogP contribution in [-0.2, 0) is 11.8 Å². The average molecular weight is 387 g/mol. The standard InChI is InChI=1S/C22H21N5O2/c1-4-20(28)26-11-15(12-26)27-19-8-6-14(9-16(19)22(29)25(27)3)21-13(2)5-7-18-17(21)10-23-24-18/h4-10,15H,1,11-12H2,2-3H3,(H,23,24). The van der Waals surface area contributed by atoms with Crippen LogP contribution in [0.4, 0.5) is 0 Å². The van der Waals surface area contributed by atoms with Gasteiger partial charge in [-0.05, 0) is 47.9 Å². The highest BCUT2D eigenvalue weighted by Gasteiger charge is 2.33. The molecule has 2 aromatic heterocycles. The van der Waals surface area contributed by atoms with Gasteiger partial charge in [-0.2, -0.15) is 5.10 Å². The van der Waals surface area contributed by atoms with Crippen molar-refractivity contribution in [2.75, 3.05) is 13.1 Å². The summed E-state index contributed by atoms with van der Waals surface area (Å²) in [6, 6.07) is 10.2. The van der Waals surface area contributed by atoms with Gasteiger partial charge in [0.2, 0.25) is 5.91 Å². The molecule has 29 heavy (non-hydrogen) atoms. The van der Waals surface area contributed by atoms with Crippen molar-refractivity contribution in [1.29, 1.82) is 0 Å². The number of rotatable bonds is 3. The van der Waals surface area contributed by atoms with Crippen LogP contribution in [0.15, 0.2) is 54.0 Å². The number of aromatic nitrogens is 4. The van der Waals surface area contributed by atoms with E-state index in [1.165, 1.54) is 6.08 Å². The molecule has 2 aromatic carbocycles. The van der Waals surface area contributed by atoms with Crippen LogP contribution >= 0.6 is 0 Å². The molecule has 3 heterocycles. The van der Waals surface area contributed by atoms with Crippen molar-refractivity contribution >= 4 is 27.7 Å². The highest BCUT2D eigenvalue weighted by Crippen LogP contribution is 2.33. The van der Waals surface area contributed by atoms with E-state index in [0.717, 1.165) is 33.1 Å². The summed E-state index contributed by atoms with van der Waals surface area (Å²) in [5.74, 6) is -0.0753. The van der Waals surface area contributed by atoms with Gasteiger partial charge in [0.05, 0.1) is 28.7 Å². The second-order valence-electron chi connectivity index (χ2n) is 7.60. The molecule has 1 aliphatic rings. The summed E-state index contributed by atoms with van der Waals surface area (Å²) in [6.45, 7) is 6.76. The fourth-order valence-electron chi connectivity index (χ4n) is 4.37. The Hall–Kier alpha value is -3.61. The molecule has 0 bridgehead atoms. The van der Waals surface area contributed by atoms with E-state index in [1.807, 2.05) is 29.1 Å². The number of hydrogen-bond acceptors (Lipinski definition) is 3. The molecular formula is C22H21N5O2. The van der Waals surface area contributed by atoms with Crippen LogP contribution in [-0.4, -0.2) is 43.5 Å². The maximum absolute atomic E-state index is 13.0.